The molecule has 11 heteroatoms. The summed E-state index contributed by atoms with van der Waals surface area (Å²) < 4.78 is 0. The van der Waals surface area contributed by atoms with Gasteiger partial charge in [0.15, 0.2) is 0 Å². The quantitative estimate of drug-likeness (QED) is 0.187. The normalized spacial score (nSPS) is 15.4. The molecular weight excluding hydrogens is 584 g/mol. The zero-order valence-electron chi connectivity index (χ0n) is 26.7. The van der Waals surface area contributed by atoms with Crippen LogP contribution in [-0.4, -0.2) is 51.2 Å². The summed E-state index contributed by atoms with van der Waals surface area (Å²) in [6.07, 6.45) is 0.715. The van der Waals surface area contributed by atoms with E-state index in [0.29, 0.717) is 23.4 Å². The number of nitrogens with one attached hydrogen (secondary N) is 3. The minimum atomic E-state index is -1.23. The Kier molecular flexibility index (Phi) is 10.8. The van der Waals surface area contributed by atoms with Crippen molar-refractivity contribution in [3.63, 3.8) is 0 Å². The molecule has 0 radical (unpaired) electrons. The highest BCUT2D eigenvalue weighted by atomic mass is 16.2. The summed E-state index contributed by atoms with van der Waals surface area (Å²) >= 11 is 0. The number of amides is 7. The number of nitrogens with two attached hydrogens (primary N) is 1. The number of imide groups is 1. The number of para-hydroxylation sites is 1. The topological polar surface area (TPSA) is 154 Å². The van der Waals surface area contributed by atoms with Crippen LogP contribution in [0.15, 0.2) is 84.9 Å². The van der Waals surface area contributed by atoms with E-state index >= 15 is 0 Å². The van der Waals surface area contributed by atoms with E-state index in [0.717, 1.165) is 10.5 Å². The number of benzene rings is 3. The van der Waals surface area contributed by atoms with Gasteiger partial charge in [-0.15, -0.1) is 0 Å². The summed E-state index contributed by atoms with van der Waals surface area (Å²) in [5.41, 5.74) is 6.90. The van der Waals surface area contributed by atoms with Crippen molar-refractivity contribution in [1.82, 2.24) is 15.1 Å². The van der Waals surface area contributed by atoms with Crippen molar-refractivity contribution in [2.45, 2.75) is 71.1 Å². The molecule has 0 aromatic heterocycles. The lowest BCUT2D eigenvalue weighted by atomic mass is 9.98. The number of urea groups is 2. The molecule has 1 saturated heterocycles. The average Bonchev–Trinajstić information content (AvgIpc) is 3.17. The minimum Gasteiger partial charge on any atom is -0.370 e. The third kappa shape index (κ3) is 8.29. The minimum absolute atomic E-state index is 0.109. The van der Waals surface area contributed by atoms with Crippen LogP contribution in [0.2, 0.25) is 0 Å². The van der Waals surface area contributed by atoms with Gasteiger partial charge in [-0.3, -0.25) is 14.4 Å². The van der Waals surface area contributed by atoms with E-state index in [1.54, 1.807) is 74.5 Å². The number of hydrogen-bond donors (Lipinski definition) is 4. The SMILES string of the molecule is CC(C)CC[C@@H](C(=O)N[C@@H](CC(N)=O)c1ccccc1)N1C(=O)N(Cc2ccc(NC(=O)Nc3ccccc3)cc2)C(C)(C)C1=O. The Bertz CT molecular complexity index is 1540. The Morgan fingerprint density at radius 1 is 0.804 bits per heavy atom. The second-order valence-electron chi connectivity index (χ2n) is 12.4. The monoisotopic (exact) mass is 626 g/mol. The number of carbonyl (C=O) groups is 5. The maximum atomic E-state index is 14.0. The van der Waals surface area contributed by atoms with Crippen LogP contribution in [0.3, 0.4) is 0 Å². The fourth-order valence-electron chi connectivity index (χ4n) is 5.37. The predicted molar refractivity (Wildman–Crippen MR) is 176 cm³/mol. The fraction of sp³-hybridized carbons (Fsp3) is 0.343. The molecule has 2 atom stereocenters. The highest BCUT2D eigenvalue weighted by molar-refractivity contribution is 6.09. The predicted octanol–water partition coefficient (Wildman–Crippen LogP) is 5.41. The lowest BCUT2D eigenvalue weighted by Crippen LogP contribution is -2.51. The first-order valence-corrected chi connectivity index (χ1v) is 15.4. The molecule has 1 heterocycles. The van der Waals surface area contributed by atoms with Crippen molar-refractivity contribution < 1.29 is 24.0 Å². The molecule has 11 nitrogen and oxygen atoms in total. The van der Waals surface area contributed by atoms with Crippen LogP contribution in [0, 0.1) is 5.92 Å². The number of hydrogen-bond acceptors (Lipinski definition) is 5. The van der Waals surface area contributed by atoms with E-state index in [-0.39, 0.29) is 25.3 Å². The van der Waals surface area contributed by atoms with E-state index in [4.69, 9.17) is 5.73 Å². The van der Waals surface area contributed by atoms with E-state index in [9.17, 15) is 24.0 Å². The van der Waals surface area contributed by atoms with Gasteiger partial charge in [-0.05, 0) is 68.0 Å². The summed E-state index contributed by atoms with van der Waals surface area (Å²) in [7, 11) is 0. The molecule has 1 aliphatic rings. The van der Waals surface area contributed by atoms with E-state index in [1.807, 2.05) is 38.1 Å². The second-order valence-corrected chi connectivity index (χ2v) is 12.4. The molecule has 1 fully saturated rings. The molecule has 5 N–H and O–H groups in total. The molecule has 7 amide bonds. The van der Waals surface area contributed by atoms with Crippen LogP contribution in [0.1, 0.15) is 64.1 Å². The van der Waals surface area contributed by atoms with Crippen molar-refractivity contribution in [1.29, 1.82) is 0 Å². The van der Waals surface area contributed by atoms with E-state index in [1.165, 1.54) is 4.90 Å². The largest absolute Gasteiger partial charge is 0.370 e. The lowest BCUT2D eigenvalue weighted by Gasteiger charge is -2.28. The third-order valence-corrected chi connectivity index (χ3v) is 7.99. The van der Waals surface area contributed by atoms with Crippen LogP contribution in [-0.2, 0) is 20.9 Å². The maximum Gasteiger partial charge on any atom is 0.328 e. The van der Waals surface area contributed by atoms with Crippen molar-refractivity contribution >= 4 is 41.2 Å². The van der Waals surface area contributed by atoms with Gasteiger partial charge in [0.25, 0.3) is 5.91 Å². The van der Waals surface area contributed by atoms with Gasteiger partial charge in [0.1, 0.15) is 11.6 Å². The Morgan fingerprint density at radius 2 is 1.37 bits per heavy atom. The zero-order chi connectivity index (χ0) is 33.4. The molecule has 46 heavy (non-hydrogen) atoms. The summed E-state index contributed by atoms with van der Waals surface area (Å²) in [6, 6.07) is 22.2. The molecule has 0 aliphatic carbocycles. The number of rotatable bonds is 13. The zero-order valence-corrected chi connectivity index (χ0v) is 26.7. The molecule has 0 saturated carbocycles. The van der Waals surface area contributed by atoms with Crippen LogP contribution < -0.4 is 21.7 Å². The first kappa shape index (κ1) is 33.7. The highest BCUT2D eigenvalue weighted by Crippen LogP contribution is 2.33. The van der Waals surface area contributed by atoms with Gasteiger partial charge in [0, 0.05) is 17.9 Å². The molecule has 242 valence electrons. The molecule has 0 bridgehead atoms. The standard InChI is InChI=1S/C35H42N6O5/c1-23(2)15-20-29(31(43)39-28(21-30(36)42)25-11-7-5-8-12-25)41-32(44)35(3,4)40(34(41)46)22-24-16-18-27(19-17-24)38-33(45)37-26-13-9-6-10-14-26/h5-14,16-19,23,28-29H,15,20-22H2,1-4H3,(H2,36,42)(H,39,43)(H2,37,38,45)/t28-,29-/m0/s1. The van der Waals surface area contributed by atoms with Crippen molar-refractivity contribution in [3.05, 3.63) is 96.1 Å². The van der Waals surface area contributed by atoms with Gasteiger partial charge in [0.2, 0.25) is 11.8 Å². The average molecular weight is 627 g/mol. The van der Waals surface area contributed by atoms with E-state index in [2.05, 4.69) is 16.0 Å². The molecule has 3 aromatic carbocycles. The van der Waals surface area contributed by atoms with Gasteiger partial charge in [-0.2, -0.15) is 0 Å². The Hall–Kier alpha value is -5.19. The molecule has 3 aromatic rings. The van der Waals surface area contributed by atoms with Crippen molar-refractivity contribution in [3.8, 4) is 0 Å². The molecular formula is C35H42N6O5. The van der Waals surface area contributed by atoms with Gasteiger partial charge >= 0.3 is 12.1 Å². The summed E-state index contributed by atoms with van der Waals surface area (Å²) in [5.74, 6) is -1.39. The van der Waals surface area contributed by atoms with Crippen molar-refractivity contribution in [2.24, 2.45) is 11.7 Å². The van der Waals surface area contributed by atoms with Crippen molar-refractivity contribution in [2.75, 3.05) is 10.6 Å². The molecule has 1 aliphatic heterocycles. The smallest absolute Gasteiger partial charge is 0.328 e. The molecule has 0 spiro atoms. The van der Waals surface area contributed by atoms with Crippen LogP contribution in [0.25, 0.3) is 0 Å². The Labute approximate surface area is 269 Å². The molecule has 4 rings (SSSR count). The number of nitrogens with zero attached hydrogens (tertiary/aromatic N) is 2. The molecule has 0 unspecified atom stereocenters. The Morgan fingerprint density at radius 3 is 1.93 bits per heavy atom. The maximum absolute atomic E-state index is 14.0. The van der Waals surface area contributed by atoms with Crippen LogP contribution >= 0.6 is 0 Å². The number of primary amides is 1. The number of carbonyl (C=O) groups excluding carboxylic acids is 5. The van der Waals surface area contributed by atoms with Crippen LogP contribution in [0.4, 0.5) is 21.0 Å². The summed E-state index contributed by atoms with van der Waals surface area (Å²) in [5, 5.41) is 8.42. The summed E-state index contributed by atoms with van der Waals surface area (Å²) in [4.78, 5) is 68.4. The van der Waals surface area contributed by atoms with E-state index < -0.39 is 47.4 Å². The Balaban J connectivity index is 1.51. The first-order valence-electron chi connectivity index (χ1n) is 15.4. The van der Waals surface area contributed by atoms with Crippen LogP contribution in [0.5, 0.6) is 0 Å². The first-order chi connectivity index (χ1) is 21.9. The van der Waals surface area contributed by atoms with Gasteiger partial charge in [-0.25, -0.2) is 14.5 Å². The lowest BCUT2D eigenvalue weighted by molar-refractivity contribution is -0.139. The summed E-state index contributed by atoms with van der Waals surface area (Å²) in [6.45, 7) is 7.44. The van der Waals surface area contributed by atoms with Gasteiger partial charge < -0.3 is 26.6 Å². The second kappa shape index (κ2) is 14.7. The highest BCUT2D eigenvalue weighted by Gasteiger charge is 2.54. The third-order valence-electron chi connectivity index (χ3n) is 7.99. The van der Waals surface area contributed by atoms with Gasteiger partial charge in [-0.1, -0.05) is 74.5 Å². The van der Waals surface area contributed by atoms with Gasteiger partial charge in [0.05, 0.1) is 12.5 Å². The number of anilines is 2. The fourth-order valence-corrected chi connectivity index (χ4v) is 5.37.